The first-order chi connectivity index (χ1) is 6.51. The molecular weight excluding hydrogens is 178 g/mol. The van der Waals surface area contributed by atoms with Crippen LogP contribution in [0.2, 0.25) is 0 Å². The van der Waals surface area contributed by atoms with Crippen molar-refractivity contribution < 1.29 is 9.47 Å². The van der Waals surface area contributed by atoms with E-state index in [0.717, 1.165) is 26.2 Å². The lowest BCUT2D eigenvalue weighted by atomic mass is 10.1. The molecular formula is C11H23NO2. The van der Waals surface area contributed by atoms with E-state index in [4.69, 9.17) is 9.47 Å². The summed E-state index contributed by atoms with van der Waals surface area (Å²) >= 11 is 0. The van der Waals surface area contributed by atoms with Gasteiger partial charge in [0.1, 0.15) is 6.10 Å². The number of nitrogens with one attached hydrogen (secondary N) is 1. The highest BCUT2D eigenvalue weighted by molar-refractivity contribution is 4.75. The SMILES string of the molecule is CCC(CNC(C)(C)C)OC1COC1. The minimum atomic E-state index is 0.174. The average molecular weight is 201 g/mol. The van der Waals surface area contributed by atoms with Gasteiger partial charge >= 0.3 is 0 Å². The molecule has 0 radical (unpaired) electrons. The smallest absolute Gasteiger partial charge is 0.105 e. The monoisotopic (exact) mass is 201 g/mol. The predicted molar refractivity (Wildman–Crippen MR) is 57.5 cm³/mol. The quantitative estimate of drug-likeness (QED) is 0.732. The van der Waals surface area contributed by atoms with Gasteiger partial charge in [-0.15, -0.1) is 0 Å². The Hall–Kier alpha value is -0.120. The summed E-state index contributed by atoms with van der Waals surface area (Å²) in [5, 5.41) is 3.46. The van der Waals surface area contributed by atoms with Gasteiger partial charge in [0.2, 0.25) is 0 Å². The molecule has 0 aromatic carbocycles. The number of hydrogen-bond acceptors (Lipinski definition) is 3. The van der Waals surface area contributed by atoms with E-state index in [0.29, 0.717) is 12.2 Å². The number of hydrogen-bond donors (Lipinski definition) is 1. The molecule has 0 aliphatic carbocycles. The van der Waals surface area contributed by atoms with Crippen LogP contribution in [0.4, 0.5) is 0 Å². The average Bonchev–Trinajstić information content (AvgIpc) is 2.00. The van der Waals surface area contributed by atoms with Gasteiger partial charge in [-0.1, -0.05) is 6.92 Å². The summed E-state index contributed by atoms with van der Waals surface area (Å²) in [4.78, 5) is 0. The Morgan fingerprint density at radius 3 is 2.43 bits per heavy atom. The van der Waals surface area contributed by atoms with Gasteiger partial charge in [0.25, 0.3) is 0 Å². The van der Waals surface area contributed by atoms with E-state index in [2.05, 4.69) is 33.0 Å². The Bertz CT molecular complexity index is 161. The van der Waals surface area contributed by atoms with Crippen molar-refractivity contribution in [3.8, 4) is 0 Å². The highest BCUT2D eigenvalue weighted by Crippen LogP contribution is 2.11. The van der Waals surface area contributed by atoms with Crippen molar-refractivity contribution in [2.45, 2.75) is 51.9 Å². The first-order valence-corrected chi connectivity index (χ1v) is 5.49. The highest BCUT2D eigenvalue weighted by Gasteiger charge is 2.23. The molecule has 1 aliphatic rings. The zero-order valence-electron chi connectivity index (χ0n) is 9.80. The first kappa shape index (κ1) is 12.0. The van der Waals surface area contributed by atoms with Crippen molar-refractivity contribution in [2.24, 2.45) is 0 Å². The van der Waals surface area contributed by atoms with Crippen LogP contribution in [0, 0.1) is 0 Å². The van der Waals surface area contributed by atoms with E-state index in [1.807, 2.05) is 0 Å². The Labute approximate surface area is 87.2 Å². The van der Waals surface area contributed by atoms with Crippen LogP contribution in [0.15, 0.2) is 0 Å². The van der Waals surface area contributed by atoms with Gasteiger partial charge < -0.3 is 14.8 Å². The maximum absolute atomic E-state index is 5.84. The molecule has 1 fully saturated rings. The standard InChI is InChI=1S/C11H23NO2/c1-5-9(6-12-11(2,3)4)14-10-7-13-8-10/h9-10,12H,5-8H2,1-4H3. The minimum absolute atomic E-state index is 0.174. The van der Waals surface area contributed by atoms with Gasteiger partial charge in [0, 0.05) is 12.1 Å². The van der Waals surface area contributed by atoms with E-state index in [1.165, 1.54) is 0 Å². The van der Waals surface area contributed by atoms with Gasteiger partial charge in [-0.2, -0.15) is 0 Å². The summed E-state index contributed by atoms with van der Waals surface area (Å²) in [6.45, 7) is 11.1. The predicted octanol–water partition coefficient (Wildman–Crippen LogP) is 1.57. The lowest BCUT2D eigenvalue weighted by molar-refractivity contribution is -0.154. The van der Waals surface area contributed by atoms with Crippen LogP contribution in [0.1, 0.15) is 34.1 Å². The molecule has 1 heterocycles. The third-order valence-corrected chi connectivity index (χ3v) is 2.31. The van der Waals surface area contributed by atoms with Crippen LogP contribution in [0.3, 0.4) is 0 Å². The molecule has 3 heteroatoms. The van der Waals surface area contributed by atoms with Crippen molar-refractivity contribution in [3.63, 3.8) is 0 Å². The highest BCUT2D eigenvalue weighted by atomic mass is 16.6. The normalized spacial score (nSPS) is 20.6. The van der Waals surface area contributed by atoms with Gasteiger partial charge in [0.15, 0.2) is 0 Å². The lowest BCUT2D eigenvalue weighted by Gasteiger charge is -2.32. The second-order valence-electron chi connectivity index (χ2n) is 4.96. The van der Waals surface area contributed by atoms with Crippen LogP contribution >= 0.6 is 0 Å². The van der Waals surface area contributed by atoms with Crippen LogP contribution < -0.4 is 5.32 Å². The molecule has 3 nitrogen and oxygen atoms in total. The Morgan fingerprint density at radius 1 is 1.43 bits per heavy atom. The molecule has 1 unspecified atom stereocenters. The molecule has 1 aliphatic heterocycles. The van der Waals surface area contributed by atoms with E-state index in [1.54, 1.807) is 0 Å². The van der Waals surface area contributed by atoms with Gasteiger partial charge in [-0.25, -0.2) is 0 Å². The molecule has 0 aromatic heterocycles. The molecule has 84 valence electrons. The van der Waals surface area contributed by atoms with Crippen molar-refractivity contribution in [1.29, 1.82) is 0 Å². The third kappa shape index (κ3) is 4.40. The number of ether oxygens (including phenoxy) is 2. The summed E-state index contributed by atoms with van der Waals surface area (Å²) in [6, 6.07) is 0. The van der Waals surface area contributed by atoms with Gasteiger partial charge in [0.05, 0.1) is 19.3 Å². The van der Waals surface area contributed by atoms with Crippen LogP contribution in [-0.4, -0.2) is 37.5 Å². The second-order valence-corrected chi connectivity index (χ2v) is 4.96. The molecule has 0 saturated carbocycles. The van der Waals surface area contributed by atoms with E-state index in [9.17, 15) is 0 Å². The zero-order chi connectivity index (χ0) is 10.6. The van der Waals surface area contributed by atoms with E-state index < -0.39 is 0 Å². The summed E-state index contributed by atoms with van der Waals surface area (Å²) in [5.74, 6) is 0. The lowest BCUT2D eigenvalue weighted by Crippen LogP contribution is -2.45. The Morgan fingerprint density at radius 2 is 2.07 bits per heavy atom. The van der Waals surface area contributed by atoms with Crippen molar-refractivity contribution in [3.05, 3.63) is 0 Å². The van der Waals surface area contributed by atoms with Gasteiger partial charge in [-0.05, 0) is 27.2 Å². The third-order valence-electron chi connectivity index (χ3n) is 2.31. The molecule has 1 atom stereocenters. The molecule has 1 N–H and O–H groups in total. The molecule has 0 bridgehead atoms. The first-order valence-electron chi connectivity index (χ1n) is 5.49. The molecule has 0 amide bonds. The fourth-order valence-corrected chi connectivity index (χ4v) is 1.27. The second kappa shape index (κ2) is 5.10. The summed E-state index contributed by atoms with van der Waals surface area (Å²) in [7, 11) is 0. The topological polar surface area (TPSA) is 30.5 Å². The van der Waals surface area contributed by atoms with E-state index >= 15 is 0 Å². The van der Waals surface area contributed by atoms with Crippen LogP contribution in [-0.2, 0) is 9.47 Å². The maximum atomic E-state index is 5.84. The summed E-state index contributed by atoms with van der Waals surface area (Å²) < 4.78 is 10.9. The van der Waals surface area contributed by atoms with Crippen LogP contribution in [0.25, 0.3) is 0 Å². The molecule has 1 saturated heterocycles. The molecule has 0 spiro atoms. The maximum Gasteiger partial charge on any atom is 0.105 e. The summed E-state index contributed by atoms with van der Waals surface area (Å²) in [6.07, 6.45) is 1.71. The van der Waals surface area contributed by atoms with Crippen LogP contribution in [0.5, 0.6) is 0 Å². The fourth-order valence-electron chi connectivity index (χ4n) is 1.27. The van der Waals surface area contributed by atoms with E-state index in [-0.39, 0.29) is 5.54 Å². The van der Waals surface area contributed by atoms with Crippen molar-refractivity contribution in [2.75, 3.05) is 19.8 Å². The fraction of sp³-hybridized carbons (Fsp3) is 1.00. The summed E-state index contributed by atoms with van der Waals surface area (Å²) in [5.41, 5.74) is 0.174. The largest absolute Gasteiger partial charge is 0.376 e. The number of rotatable bonds is 5. The van der Waals surface area contributed by atoms with Gasteiger partial charge in [-0.3, -0.25) is 0 Å². The van der Waals surface area contributed by atoms with Crippen molar-refractivity contribution in [1.82, 2.24) is 5.32 Å². The molecule has 1 rings (SSSR count). The van der Waals surface area contributed by atoms with Crippen molar-refractivity contribution >= 4 is 0 Å². The Balaban J connectivity index is 2.17. The minimum Gasteiger partial charge on any atom is -0.376 e. The molecule has 14 heavy (non-hydrogen) atoms. The Kier molecular flexibility index (Phi) is 4.35. The zero-order valence-corrected chi connectivity index (χ0v) is 9.80. The molecule has 0 aromatic rings.